The van der Waals surface area contributed by atoms with Gasteiger partial charge in [-0.1, -0.05) is 38.0 Å². The molecule has 1 aromatic carbocycles. The Hall–Kier alpha value is -3.20. The molecule has 2 N–H and O–H groups in total. The number of carbonyl (C=O) groups is 1. The number of aliphatic hydroxyl groups excluding tert-OH is 1. The quantitative estimate of drug-likeness (QED) is 0.529. The summed E-state index contributed by atoms with van der Waals surface area (Å²) in [4.78, 5) is 43.7. The molecule has 0 atom stereocenters. The van der Waals surface area contributed by atoms with E-state index in [0.717, 1.165) is 35.0 Å². The van der Waals surface area contributed by atoms with Gasteiger partial charge in [0, 0.05) is 18.8 Å². The Balaban J connectivity index is 2.11. The summed E-state index contributed by atoms with van der Waals surface area (Å²) in [5, 5.41) is 12.6. The van der Waals surface area contributed by atoms with E-state index in [2.05, 4.69) is 10.3 Å². The Morgan fingerprint density at radius 2 is 1.81 bits per heavy atom. The zero-order valence-electron chi connectivity index (χ0n) is 19.1. The van der Waals surface area contributed by atoms with Crippen molar-refractivity contribution in [3.05, 3.63) is 56.0 Å². The van der Waals surface area contributed by atoms with Crippen molar-refractivity contribution in [1.29, 1.82) is 0 Å². The van der Waals surface area contributed by atoms with E-state index < -0.39 is 23.7 Å². The standard InChI is InChI=1S/C23H31N5O4/c1-5-7-11-27-21-20(26(10-6-2)18(14-29)25-21)22(31)28(23(27)32)13-19(30)24-17-9-8-15(3)12-16(17)4/h8-9,12,29H,5-7,10-11,13-14H2,1-4H3,(H,24,30). The number of aliphatic hydroxyl groups is 1. The van der Waals surface area contributed by atoms with E-state index in [4.69, 9.17) is 0 Å². The Bertz CT molecular complexity index is 1250. The fourth-order valence-electron chi connectivity index (χ4n) is 3.87. The number of rotatable bonds is 9. The Morgan fingerprint density at radius 1 is 1.06 bits per heavy atom. The number of anilines is 1. The zero-order chi connectivity index (χ0) is 23.4. The topological polar surface area (TPSA) is 111 Å². The van der Waals surface area contributed by atoms with Crippen LogP contribution in [0.2, 0.25) is 0 Å². The number of unbranched alkanes of at least 4 members (excludes halogenated alkanes) is 1. The number of aromatic nitrogens is 4. The maximum atomic E-state index is 13.3. The van der Waals surface area contributed by atoms with Crippen LogP contribution in [0.5, 0.6) is 0 Å². The molecule has 0 saturated heterocycles. The van der Waals surface area contributed by atoms with E-state index in [-0.39, 0.29) is 17.8 Å². The fourth-order valence-corrected chi connectivity index (χ4v) is 3.87. The summed E-state index contributed by atoms with van der Waals surface area (Å²) < 4.78 is 4.06. The van der Waals surface area contributed by atoms with E-state index in [9.17, 15) is 19.5 Å². The van der Waals surface area contributed by atoms with Gasteiger partial charge in [-0.25, -0.2) is 14.3 Å². The van der Waals surface area contributed by atoms with Gasteiger partial charge in [0.25, 0.3) is 5.56 Å². The van der Waals surface area contributed by atoms with E-state index in [0.29, 0.717) is 24.6 Å². The van der Waals surface area contributed by atoms with Crippen LogP contribution in [-0.4, -0.2) is 29.7 Å². The smallest absolute Gasteiger partial charge is 0.333 e. The lowest BCUT2D eigenvalue weighted by Crippen LogP contribution is -2.43. The van der Waals surface area contributed by atoms with E-state index in [1.807, 2.05) is 39.8 Å². The third-order valence-corrected chi connectivity index (χ3v) is 5.48. The van der Waals surface area contributed by atoms with Gasteiger partial charge in [0.15, 0.2) is 11.2 Å². The molecule has 0 spiro atoms. The lowest BCUT2D eigenvalue weighted by Gasteiger charge is -2.13. The fraction of sp³-hybridized carbons (Fsp3) is 0.478. The van der Waals surface area contributed by atoms with Crippen molar-refractivity contribution in [3.63, 3.8) is 0 Å². The number of fused-ring (bicyclic) bond motifs is 1. The number of benzene rings is 1. The maximum absolute atomic E-state index is 13.3. The van der Waals surface area contributed by atoms with Crippen molar-refractivity contribution < 1.29 is 9.90 Å². The minimum Gasteiger partial charge on any atom is -0.388 e. The van der Waals surface area contributed by atoms with Gasteiger partial charge >= 0.3 is 5.69 Å². The summed E-state index contributed by atoms with van der Waals surface area (Å²) in [5.41, 5.74) is 1.97. The zero-order valence-corrected chi connectivity index (χ0v) is 19.1. The molecule has 2 aromatic heterocycles. The summed E-state index contributed by atoms with van der Waals surface area (Å²) in [5.74, 6) is -0.123. The number of imidazole rings is 1. The molecule has 0 radical (unpaired) electrons. The molecular formula is C23H31N5O4. The van der Waals surface area contributed by atoms with Gasteiger partial charge < -0.3 is 15.0 Å². The van der Waals surface area contributed by atoms with Crippen LogP contribution in [0.15, 0.2) is 27.8 Å². The first-order valence-electron chi connectivity index (χ1n) is 11.0. The molecule has 2 heterocycles. The van der Waals surface area contributed by atoms with Gasteiger partial charge in [-0.05, 0) is 38.3 Å². The van der Waals surface area contributed by atoms with Crippen molar-refractivity contribution in [3.8, 4) is 0 Å². The van der Waals surface area contributed by atoms with Crippen LogP contribution in [-0.2, 0) is 31.0 Å². The summed E-state index contributed by atoms with van der Waals surface area (Å²) in [6.07, 6.45) is 2.29. The lowest BCUT2D eigenvalue weighted by molar-refractivity contribution is -0.116. The maximum Gasteiger partial charge on any atom is 0.333 e. The molecule has 32 heavy (non-hydrogen) atoms. The van der Waals surface area contributed by atoms with Gasteiger partial charge in [0.2, 0.25) is 5.91 Å². The number of nitrogens with zero attached hydrogens (tertiary/aromatic N) is 4. The highest BCUT2D eigenvalue weighted by atomic mass is 16.3. The number of amides is 1. The monoisotopic (exact) mass is 441 g/mol. The molecule has 9 heteroatoms. The number of carbonyl (C=O) groups excluding carboxylic acids is 1. The van der Waals surface area contributed by atoms with Crippen LogP contribution in [0.4, 0.5) is 5.69 Å². The van der Waals surface area contributed by atoms with Crippen LogP contribution in [0, 0.1) is 13.8 Å². The molecule has 0 aliphatic rings. The van der Waals surface area contributed by atoms with E-state index in [1.54, 1.807) is 10.6 Å². The Morgan fingerprint density at radius 3 is 2.44 bits per heavy atom. The number of hydrogen-bond acceptors (Lipinski definition) is 5. The summed E-state index contributed by atoms with van der Waals surface area (Å²) >= 11 is 0. The lowest BCUT2D eigenvalue weighted by atomic mass is 10.1. The van der Waals surface area contributed by atoms with Gasteiger partial charge in [0.1, 0.15) is 19.0 Å². The second kappa shape index (κ2) is 9.95. The van der Waals surface area contributed by atoms with Crippen molar-refractivity contribution in [2.45, 2.75) is 73.2 Å². The van der Waals surface area contributed by atoms with E-state index >= 15 is 0 Å². The van der Waals surface area contributed by atoms with Gasteiger partial charge in [0.05, 0.1) is 0 Å². The minimum atomic E-state index is -0.575. The van der Waals surface area contributed by atoms with Crippen molar-refractivity contribution in [1.82, 2.24) is 18.7 Å². The largest absolute Gasteiger partial charge is 0.388 e. The van der Waals surface area contributed by atoms with Crippen molar-refractivity contribution >= 4 is 22.8 Å². The van der Waals surface area contributed by atoms with Crippen molar-refractivity contribution in [2.75, 3.05) is 5.32 Å². The third kappa shape index (κ3) is 4.52. The van der Waals surface area contributed by atoms with Crippen LogP contribution in [0.25, 0.3) is 11.2 Å². The second-order valence-electron chi connectivity index (χ2n) is 8.06. The molecule has 172 valence electrons. The Labute approximate surface area is 186 Å². The predicted molar refractivity (Wildman–Crippen MR) is 124 cm³/mol. The first-order chi connectivity index (χ1) is 15.3. The van der Waals surface area contributed by atoms with Crippen molar-refractivity contribution in [2.24, 2.45) is 0 Å². The molecule has 0 saturated carbocycles. The molecule has 1 amide bonds. The first kappa shape index (κ1) is 23.5. The highest BCUT2D eigenvalue weighted by molar-refractivity contribution is 5.91. The second-order valence-corrected chi connectivity index (χ2v) is 8.06. The Kier molecular flexibility index (Phi) is 7.29. The average Bonchev–Trinajstić information content (AvgIpc) is 3.12. The normalized spacial score (nSPS) is 11.3. The molecule has 0 bridgehead atoms. The number of aryl methyl sites for hydroxylation is 4. The molecule has 0 unspecified atom stereocenters. The van der Waals surface area contributed by atoms with Crippen LogP contribution < -0.4 is 16.6 Å². The predicted octanol–water partition coefficient (Wildman–Crippen LogP) is 2.32. The minimum absolute atomic E-state index is 0.242. The molecule has 3 aromatic rings. The highest BCUT2D eigenvalue weighted by Crippen LogP contribution is 2.16. The number of hydrogen-bond donors (Lipinski definition) is 2. The molecule has 3 rings (SSSR count). The molecule has 0 fully saturated rings. The highest BCUT2D eigenvalue weighted by Gasteiger charge is 2.22. The van der Waals surface area contributed by atoms with Gasteiger partial charge in [-0.15, -0.1) is 0 Å². The molecule has 0 aliphatic heterocycles. The average molecular weight is 442 g/mol. The van der Waals surface area contributed by atoms with Crippen LogP contribution in [0.3, 0.4) is 0 Å². The summed E-state index contributed by atoms with van der Waals surface area (Å²) in [6.45, 7) is 7.91. The van der Waals surface area contributed by atoms with Crippen LogP contribution >= 0.6 is 0 Å². The van der Waals surface area contributed by atoms with E-state index in [1.165, 1.54) is 4.57 Å². The summed E-state index contributed by atoms with van der Waals surface area (Å²) in [6, 6.07) is 5.64. The summed E-state index contributed by atoms with van der Waals surface area (Å²) in [7, 11) is 0. The molecule has 0 aliphatic carbocycles. The number of nitrogens with one attached hydrogen (secondary N) is 1. The SMILES string of the molecule is CCCCn1c(=O)n(CC(=O)Nc2ccc(C)cc2C)c(=O)c2c1nc(CO)n2CCC. The van der Waals surface area contributed by atoms with Gasteiger partial charge in [-0.3, -0.25) is 14.2 Å². The third-order valence-electron chi connectivity index (χ3n) is 5.48. The van der Waals surface area contributed by atoms with Crippen LogP contribution in [0.1, 0.15) is 50.1 Å². The van der Waals surface area contributed by atoms with Gasteiger partial charge in [-0.2, -0.15) is 0 Å². The molecular weight excluding hydrogens is 410 g/mol. The first-order valence-corrected chi connectivity index (χ1v) is 11.0. The molecule has 9 nitrogen and oxygen atoms in total.